The van der Waals surface area contributed by atoms with E-state index in [2.05, 4.69) is 10.1 Å². The molecule has 0 aromatic heterocycles. The number of halogens is 3. The van der Waals surface area contributed by atoms with E-state index in [1.165, 1.54) is 24.3 Å². The third-order valence-corrected chi connectivity index (χ3v) is 2.83. The molecule has 3 N–H and O–H groups in total. The van der Waals surface area contributed by atoms with Crippen LogP contribution in [0.25, 0.3) is 0 Å². The molecule has 0 radical (unpaired) electrons. The van der Waals surface area contributed by atoms with Gasteiger partial charge in [-0.2, -0.15) is 0 Å². The van der Waals surface area contributed by atoms with Gasteiger partial charge >= 0.3 is 6.36 Å². The number of nitrogens with two attached hydrogens (primary N) is 1. The minimum atomic E-state index is -4.71. The number of para-hydroxylation sites is 1. The van der Waals surface area contributed by atoms with Gasteiger partial charge in [-0.3, -0.25) is 4.79 Å². The van der Waals surface area contributed by atoms with Crippen molar-refractivity contribution in [1.82, 2.24) is 0 Å². The van der Waals surface area contributed by atoms with Crippen molar-refractivity contribution in [3.05, 3.63) is 59.7 Å². The Morgan fingerprint density at radius 2 is 1.73 bits per heavy atom. The number of rotatable bonds is 5. The van der Waals surface area contributed by atoms with Crippen LogP contribution in [0.2, 0.25) is 0 Å². The first-order chi connectivity index (χ1) is 10.3. The third-order valence-electron chi connectivity index (χ3n) is 2.83. The highest BCUT2D eigenvalue weighted by Crippen LogP contribution is 2.23. The molecule has 0 unspecified atom stereocenters. The van der Waals surface area contributed by atoms with Crippen molar-refractivity contribution in [3.8, 4) is 5.75 Å². The monoisotopic (exact) mass is 310 g/mol. The zero-order chi connectivity index (χ0) is 16.2. The highest BCUT2D eigenvalue weighted by molar-refractivity contribution is 5.98. The molecule has 0 aliphatic heterocycles. The molecule has 0 heterocycles. The summed E-state index contributed by atoms with van der Waals surface area (Å²) >= 11 is 0. The molecule has 2 aromatic carbocycles. The van der Waals surface area contributed by atoms with Crippen LogP contribution in [0.3, 0.4) is 0 Å². The quantitative estimate of drug-likeness (QED) is 0.890. The Labute approximate surface area is 124 Å². The number of alkyl halides is 3. The summed E-state index contributed by atoms with van der Waals surface area (Å²) in [4.78, 5) is 11.3. The Bertz CT molecular complexity index is 655. The second-order valence-corrected chi connectivity index (χ2v) is 4.46. The van der Waals surface area contributed by atoms with Crippen LogP contribution in [0.15, 0.2) is 48.5 Å². The van der Waals surface area contributed by atoms with Crippen LogP contribution in [0.4, 0.5) is 18.9 Å². The number of hydrogen-bond acceptors (Lipinski definition) is 3. The number of carbonyl (C=O) groups is 1. The van der Waals surface area contributed by atoms with Crippen LogP contribution in [-0.2, 0) is 6.54 Å². The van der Waals surface area contributed by atoms with Crippen LogP contribution in [-0.4, -0.2) is 12.3 Å². The molecule has 1 amide bonds. The lowest BCUT2D eigenvalue weighted by Gasteiger charge is -2.11. The second-order valence-electron chi connectivity index (χ2n) is 4.46. The summed E-state index contributed by atoms with van der Waals surface area (Å²) in [6, 6.07) is 12.2. The van der Waals surface area contributed by atoms with Crippen molar-refractivity contribution in [2.75, 3.05) is 5.32 Å². The fourth-order valence-electron chi connectivity index (χ4n) is 1.86. The lowest BCUT2D eigenvalue weighted by molar-refractivity contribution is -0.274. The van der Waals surface area contributed by atoms with Crippen LogP contribution < -0.4 is 15.8 Å². The Morgan fingerprint density at radius 3 is 2.32 bits per heavy atom. The van der Waals surface area contributed by atoms with Gasteiger partial charge in [-0.15, -0.1) is 13.2 Å². The van der Waals surface area contributed by atoms with Gasteiger partial charge in [-0.05, 0) is 29.8 Å². The molecule has 0 aliphatic carbocycles. The van der Waals surface area contributed by atoms with Gasteiger partial charge in [0.15, 0.2) is 0 Å². The van der Waals surface area contributed by atoms with E-state index in [-0.39, 0.29) is 5.75 Å². The second kappa shape index (κ2) is 6.38. The van der Waals surface area contributed by atoms with Gasteiger partial charge < -0.3 is 15.8 Å². The summed E-state index contributed by atoms with van der Waals surface area (Å²) in [5, 5.41) is 3.01. The summed E-state index contributed by atoms with van der Waals surface area (Å²) in [5.74, 6) is -0.842. The zero-order valence-corrected chi connectivity index (χ0v) is 11.4. The lowest BCUT2D eigenvalue weighted by Crippen LogP contribution is -2.17. The topological polar surface area (TPSA) is 64.4 Å². The number of benzene rings is 2. The zero-order valence-electron chi connectivity index (χ0n) is 11.4. The average Bonchev–Trinajstić information content (AvgIpc) is 2.45. The van der Waals surface area contributed by atoms with Crippen LogP contribution in [0, 0.1) is 0 Å². The van der Waals surface area contributed by atoms with E-state index < -0.39 is 12.3 Å². The van der Waals surface area contributed by atoms with Gasteiger partial charge in [0.1, 0.15) is 5.75 Å². The van der Waals surface area contributed by atoms with Gasteiger partial charge in [0, 0.05) is 12.2 Å². The van der Waals surface area contributed by atoms with E-state index in [4.69, 9.17) is 5.73 Å². The van der Waals surface area contributed by atoms with E-state index in [9.17, 15) is 18.0 Å². The summed E-state index contributed by atoms with van der Waals surface area (Å²) in [6.07, 6.45) is -4.71. The highest BCUT2D eigenvalue weighted by Gasteiger charge is 2.30. The standard InChI is InChI=1S/C15H13F3N2O2/c16-15(17,18)22-11-7-5-10(6-8-11)9-20-13-4-2-1-3-12(13)14(19)21/h1-8,20H,9H2,(H2,19,21). The maximum atomic E-state index is 12.1. The molecular weight excluding hydrogens is 297 g/mol. The SMILES string of the molecule is NC(=O)c1ccccc1NCc1ccc(OC(F)(F)F)cc1. The van der Waals surface area contributed by atoms with E-state index in [1.54, 1.807) is 24.3 Å². The summed E-state index contributed by atoms with van der Waals surface area (Å²) in [6.45, 7) is 0.330. The lowest BCUT2D eigenvalue weighted by atomic mass is 10.1. The summed E-state index contributed by atoms with van der Waals surface area (Å²) in [5.41, 5.74) is 6.90. The molecule has 0 atom stereocenters. The summed E-state index contributed by atoms with van der Waals surface area (Å²) in [7, 11) is 0. The van der Waals surface area contributed by atoms with Gasteiger partial charge in [0.05, 0.1) is 5.56 Å². The number of carbonyl (C=O) groups excluding carboxylic acids is 1. The van der Waals surface area contributed by atoms with Crippen molar-refractivity contribution < 1.29 is 22.7 Å². The highest BCUT2D eigenvalue weighted by atomic mass is 19.4. The number of hydrogen-bond donors (Lipinski definition) is 2. The molecule has 7 heteroatoms. The molecule has 2 aromatic rings. The third kappa shape index (κ3) is 4.41. The molecule has 4 nitrogen and oxygen atoms in total. The van der Waals surface area contributed by atoms with E-state index in [0.717, 1.165) is 5.56 Å². The van der Waals surface area contributed by atoms with Crippen molar-refractivity contribution in [3.63, 3.8) is 0 Å². The van der Waals surface area contributed by atoms with Crippen LogP contribution in [0.5, 0.6) is 5.75 Å². The molecule has 0 bridgehead atoms. The Hall–Kier alpha value is -2.70. The first kappa shape index (κ1) is 15.7. The molecule has 0 saturated carbocycles. The number of amides is 1. The first-order valence-corrected chi connectivity index (χ1v) is 6.32. The predicted octanol–water partition coefficient (Wildman–Crippen LogP) is 3.30. The number of ether oxygens (including phenoxy) is 1. The number of primary amides is 1. The van der Waals surface area contributed by atoms with Crippen LogP contribution in [0.1, 0.15) is 15.9 Å². The van der Waals surface area contributed by atoms with Crippen molar-refractivity contribution in [2.45, 2.75) is 12.9 Å². The molecule has 2 rings (SSSR count). The maximum absolute atomic E-state index is 12.1. The predicted molar refractivity (Wildman–Crippen MR) is 75.4 cm³/mol. The molecular formula is C15H13F3N2O2. The molecule has 0 spiro atoms. The Morgan fingerprint density at radius 1 is 1.09 bits per heavy atom. The van der Waals surface area contributed by atoms with Crippen LogP contribution >= 0.6 is 0 Å². The Kier molecular flexibility index (Phi) is 4.55. The van der Waals surface area contributed by atoms with Gasteiger partial charge in [0.2, 0.25) is 0 Å². The van der Waals surface area contributed by atoms with E-state index >= 15 is 0 Å². The van der Waals surface area contributed by atoms with Crippen molar-refractivity contribution in [2.24, 2.45) is 5.73 Å². The van der Waals surface area contributed by atoms with E-state index in [1.807, 2.05) is 0 Å². The fraction of sp³-hybridized carbons (Fsp3) is 0.133. The number of anilines is 1. The van der Waals surface area contributed by atoms with Crippen molar-refractivity contribution in [1.29, 1.82) is 0 Å². The van der Waals surface area contributed by atoms with Crippen molar-refractivity contribution >= 4 is 11.6 Å². The molecule has 22 heavy (non-hydrogen) atoms. The fourth-order valence-corrected chi connectivity index (χ4v) is 1.86. The van der Waals surface area contributed by atoms with Gasteiger partial charge in [-0.25, -0.2) is 0 Å². The molecule has 0 saturated heterocycles. The number of nitrogens with one attached hydrogen (secondary N) is 1. The smallest absolute Gasteiger partial charge is 0.406 e. The first-order valence-electron chi connectivity index (χ1n) is 6.32. The Balaban J connectivity index is 2.02. The van der Waals surface area contributed by atoms with Gasteiger partial charge in [0.25, 0.3) is 5.91 Å². The minimum absolute atomic E-state index is 0.284. The average molecular weight is 310 g/mol. The molecule has 0 aliphatic rings. The largest absolute Gasteiger partial charge is 0.573 e. The summed E-state index contributed by atoms with van der Waals surface area (Å²) < 4.78 is 39.9. The van der Waals surface area contributed by atoms with Gasteiger partial charge in [-0.1, -0.05) is 24.3 Å². The minimum Gasteiger partial charge on any atom is -0.406 e. The molecule has 116 valence electrons. The maximum Gasteiger partial charge on any atom is 0.573 e. The normalized spacial score (nSPS) is 11.0. The molecule has 0 fully saturated rings. The van der Waals surface area contributed by atoms with E-state index in [0.29, 0.717) is 17.8 Å².